The molecule has 6 nitrogen and oxygen atoms in total. The third-order valence-electron chi connectivity index (χ3n) is 2.99. The van der Waals surface area contributed by atoms with Crippen LogP contribution in [0.15, 0.2) is 6.33 Å². The first kappa shape index (κ1) is 12.9. The molecule has 0 aromatic carbocycles. The molecule has 1 aliphatic rings. The van der Waals surface area contributed by atoms with Crippen LogP contribution in [0.5, 0.6) is 0 Å². The van der Waals surface area contributed by atoms with Crippen molar-refractivity contribution in [3.63, 3.8) is 0 Å². The van der Waals surface area contributed by atoms with E-state index in [1.807, 2.05) is 6.92 Å². The molecule has 1 atom stereocenters. The average molecular weight is 271 g/mol. The van der Waals surface area contributed by atoms with E-state index in [2.05, 4.69) is 24.9 Å². The van der Waals surface area contributed by atoms with E-state index in [9.17, 15) is 4.79 Å². The maximum Gasteiger partial charge on any atom is 0.407 e. The minimum Gasteiger partial charge on any atom is -0.453 e. The Morgan fingerprint density at radius 3 is 3.11 bits per heavy atom. The highest BCUT2D eigenvalue weighted by Crippen LogP contribution is 2.25. The number of amides is 1. The number of hydrogen-bond acceptors (Lipinski definition) is 5. The third kappa shape index (κ3) is 2.64. The first-order valence-electron chi connectivity index (χ1n) is 5.68. The second-order valence-electron chi connectivity index (χ2n) is 4.18. The molecule has 1 aliphatic heterocycles. The van der Waals surface area contributed by atoms with E-state index in [1.54, 1.807) is 0 Å². The van der Waals surface area contributed by atoms with Gasteiger partial charge in [-0.05, 0) is 13.3 Å². The Hall–Kier alpha value is -1.56. The molecule has 2 heterocycles. The fraction of sp³-hybridized carbons (Fsp3) is 0.545. The minimum absolute atomic E-state index is 0.0746. The van der Waals surface area contributed by atoms with Crippen molar-refractivity contribution < 1.29 is 9.53 Å². The van der Waals surface area contributed by atoms with E-state index in [1.165, 1.54) is 13.4 Å². The van der Waals surface area contributed by atoms with Gasteiger partial charge in [0.1, 0.15) is 17.3 Å². The summed E-state index contributed by atoms with van der Waals surface area (Å²) < 4.78 is 4.58. The predicted octanol–water partition coefficient (Wildman–Crippen LogP) is 1.37. The first-order chi connectivity index (χ1) is 8.61. The Morgan fingerprint density at radius 1 is 1.61 bits per heavy atom. The van der Waals surface area contributed by atoms with Crippen LogP contribution in [0.2, 0.25) is 5.15 Å². The van der Waals surface area contributed by atoms with E-state index >= 15 is 0 Å². The molecular formula is C11H15ClN4O2. The lowest BCUT2D eigenvalue weighted by Crippen LogP contribution is -2.37. The minimum atomic E-state index is -0.403. The van der Waals surface area contributed by atoms with E-state index < -0.39 is 6.09 Å². The second-order valence-corrected chi connectivity index (χ2v) is 4.54. The molecule has 0 bridgehead atoms. The van der Waals surface area contributed by atoms with Gasteiger partial charge in [0.15, 0.2) is 0 Å². The Balaban J connectivity index is 2.04. The van der Waals surface area contributed by atoms with Gasteiger partial charge in [-0.1, -0.05) is 11.6 Å². The number of nitrogens with zero attached hydrogens (tertiary/aromatic N) is 3. The van der Waals surface area contributed by atoms with Gasteiger partial charge in [0.2, 0.25) is 0 Å². The Labute approximate surface area is 110 Å². The zero-order valence-corrected chi connectivity index (χ0v) is 11.1. The number of alkyl carbamates (subject to hydrolysis) is 1. The van der Waals surface area contributed by atoms with Crippen molar-refractivity contribution in [2.75, 3.05) is 25.1 Å². The maximum absolute atomic E-state index is 11.1. The van der Waals surface area contributed by atoms with Crippen molar-refractivity contribution in [3.05, 3.63) is 17.0 Å². The molecule has 1 amide bonds. The number of methoxy groups -OCH3 is 1. The lowest BCUT2D eigenvalue weighted by Gasteiger charge is -2.19. The van der Waals surface area contributed by atoms with Crippen LogP contribution < -0.4 is 10.2 Å². The van der Waals surface area contributed by atoms with Crippen molar-refractivity contribution in [2.45, 2.75) is 19.4 Å². The molecule has 7 heteroatoms. The summed E-state index contributed by atoms with van der Waals surface area (Å²) in [4.78, 5) is 21.4. The molecule has 1 aromatic heterocycles. The average Bonchev–Trinajstić information content (AvgIpc) is 2.80. The molecular weight excluding hydrogens is 256 g/mol. The second kappa shape index (κ2) is 5.39. The van der Waals surface area contributed by atoms with Crippen LogP contribution in [0.4, 0.5) is 10.6 Å². The van der Waals surface area contributed by atoms with Crippen LogP contribution >= 0.6 is 11.6 Å². The van der Waals surface area contributed by atoms with Crippen molar-refractivity contribution in [1.82, 2.24) is 15.3 Å². The molecule has 0 radical (unpaired) electrons. The molecule has 0 saturated carbocycles. The van der Waals surface area contributed by atoms with Crippen molar-refractivity contribution in [3.8, 4) is 0 Å². The van der Waals surface area contributed by atoms with Crippen LogP contribution in [0, 0.1) is 6.92 Å². The molecule has 0 aliphatic carbocycles. The molecule has 1 aromatic rings. The Kier molecular flexibility index (Phi) is 3.86. The van der Waals surface area contributed by atoms with Crippen LogP contribution in [0.1, 0.15) is 12.0 Å². The van der Waals surface area contributed by atoms with Crippen LogP contribution in [-0.4, -0.2) is 42.3 Å². The fourth-order valence-electron chi connectivity index (χ4n) is 2.04. The smallest absolute Gasteiger partial charge is 0.407 e. The zero-order valence-electron chi connectivity index (χ0n) is 10.3. The lowest BCUT2D eigenvalue weighted by molar-refractivity contribution is 0.167. The standard InChI is InChI=1S/C11H15ClN4O2/c1-7-9(12)13-6-14-10(7)16-4-3-8(5-16)15-11(17)18-2/h6,8H,3-5H2,1-2H3,(H,15,17). The van der Waals surface area contributed by atoms with Gasteiger partial charge in [0.05, 0.1) is 13.2 Å². The fourth-order valence-corrected chi connectivity index (χ4v) is 2.16. The molecule has 1 saturated heterocycles. The molecule has 18 heavy (non-hydrogen) atoms. The van der Waals surface area contributed by atoms with Gasteiger partial charge in [-0.2, -0.15) is 0 Å². The molecule has 1 N–H and O–H groups in total. The number of nitrogens with one attached hydrogen (secondary N) is 1. The maximum atomic E-state index is 11.1. The number of ether oxygens (including phenoxy) is 1. The number of halogens is 1. The summed E-state index contributed by atoms with van der Waals surface area (Å²) in [5.74, 6) is 0.823. The highest BCUT2D eigenvalue weighted by Gasteiger charge is 2.26. The quantitative estimate of drug-likeness (QED) is 0.822. The van der Waals surface area contributed by atoms with Gasteiger partial charge in [0.25, 0.3) is 0 Å². The number of carbonyl (C=O) groups is 1. The van der Waals surface area contributed by atoms with Crippen LogP contribution in [0.3, 0.4) is 0 Å². The van der Waals surface area contributed by atoms with Gasteiger partial charge in [-0.15, -0.1) is 0 Å². The number of anilines is 1. The number of rotatable bonds is 2. The van der Waals surface area contributed by atoms with Crippen molar-refractivity contribution in [2.24, 2.45) is 0 Å². The van der Waals surface area contributed by atoms with Gasteiger partial charge in [-0.3, -0.25) is 0 Å². The van der Waals surface area contributed by atoms with Crippen molar-refractivity contribution in [1.29, 1.82) is 0 Å². The number of aromatic nitrogens is 2. The van der Waals surface area contributed by atoms with E-state index in [0.717, 1.165) is 24.3 Å². The molecule has 1 fully saturated rings. The first-order valence-corrected chi connectivity index (χ1v) is 6.06. The van der Waals surface area contributed by atoms with E-state index in [-0.39, 0.29) is 6.04 Å². The predicted molar refractivity (Wildman–Crippen MR) is 67.9 cm³/mol. The number of carbonyl (C=O) groups excluding carboxylic acids is 1. The topological polar surface area (TPSA) is 67.3 Å². The summed E-state index contributed by atoms with van der Waals surface area (Å²) in [6.07, 6.45) is 1.90. The summed E-state index contributed by atoms with van der Waals surface area (Å²) in [6, 6.07) is 0.0746. The summed E-state index contributed by atoms with van der Waals surface area (Å²) in [5.41, 5.74) is 0.859. The molecule has 2 rings (SSSR count). The summed E-state index contributed by atoms with van der Waals surface area (Å²) in [5, 5.41) is 3.25. The monoisotopic (exact) mass is 270 g/mol. The van der Waals surface area contributed by atoms with Gasteiger partial charge in [-0.25, -0.2) is 14.8 Å². The van der Waals surface area contributed by atoms with Gasteiger partial charge >= 0.3 is 6.09 Å². The zero-order chi connectivity index (χ0) is 13.1. The normalized spacial score (nSPS) is 18.8. The van der Waals surface area contributed by atoms with Gasteiger partial charge in [0, 0.05) is 18.7 Å². The van der Waals surface area contributed by atoms with Crippen molar-refractivity contribution >= 4 is 23.5 Å². The number of hydrogen-bond donors (Lipinski definition) is 1. The van der Waals surface area contributed by atoms with E-state index in [0.29, 0.717) is 11.7 Å². The summed E-state index contributed by atoms with van der Waals surface area (Å²) in [7, 11) is 1.36. The van der Waals surface area contributed by atoms with Crippen LogP contribution in [0.25, 0.3) is 0 Å². The summed E-state index contributed by atoms with van der Waals surface area (Å²) >= 11 is 5.97. The lowest BCUT2D eigenvalue weighted by atomic mass is 10.3. The Morgan fingerprint density at radius 2 is 2.39 bits per heavy atom. The highest BCUT2D eigenvalue weighted by atomic mass is 35.5. The Bertz CT molecular complexity index is 455. The van der Waals surface area contributed by atoms with E-state index in [4.69, 9.17) is 11.6 Å². The van der Waals surface area contributed by atoms with Crippen LogP contribution in [-0.2, 0) is 4.74 Å². The molecule has 0 spiro atoms. The molecule has 98 valence electrons. The largest absolute Gasteiger partial charge is 0.453 e. The third-order valence-corrected chi connectivity index (χ3v) is 3.37. The SMILES string of the molecule is COC(=O)NC1CCN(c2ncnc(Cl)c2C)C1. The molecule has 1 unspecified atom stereocenters. The highest BCUT2D eigenvalue weighted by molar-refractivity contribution is 6.30. The van der Waals surface area contributed by atoms with Gasteiger partial charge < -0.3 is 15.0 Å². The summed E-state index contributed by atoms with van der Waals surface area (Å²) in [6.45, 7) is 3.41.